The van der Waals surface area contributed by atoms with Gasteiger partial charge in [0.2, 0.25) is 0 Å². The highest BCUT2D eigenvalue weighted by Crippen LogP contribution is 2.20. The molecule has 0 saturated carbocycles. The molecular formula is C16H21N3O2. The van der Waals surface area contributed by atoms with E-state index in [1.165, 1.54) is 5.56 Å². The molecule has 5 nitrogen and oxygen atoms in total. The van der Waals surface area contributed by atoms with Crippen LogP contribution in [-0.2, 0) is 25.4 Å². The molecule has 0 radical (unpaired) electrons. The first-order valence-corrected chi connectivity index (χ1v) is 7.37. The average Bonchev–Trinajstić information content (AvgIpc) is 2.67. The van der Waals surface area contributed by atoms with Gasteiger partial charge in [-0.05, 0) is 24.6 Å². The number of Topliss-reactive ketones (excluding diaryl/α,β-unsaturated/α-hetero) is 1. The molecule has 2 heterocycles. The summed E-state index contributed by atoms with van der Waals surface area (Å²) in [6, 6.07) is 6.46. The van der Waals surface area contributed by atoms with Crippen molar-refractivity contribution in [3.05, 3.63) is 34.2 Å². The van der Waals surface area contributed by atoms with E-state index in [2.05, 4.69) is 24.0 Å². The Morgan fingerprint density at radius 2 is 1.86 bits per heavy atom. The number of imidazole rings is 1. The Bertz CT molecular complexity index is 757. The number of piperidine rings is 1. The molecule has 0 amide bonds. The molecule has 21 heavy (non-hydrogen) atoms. The molecule has 3 rings (SSSR count). The van der Waals surface area contributed by atoms with Gasteiger partial charge in [0.05, 0.1) is 11.0 Å². The van der Waals surface area contributed by atoms with Gasteiger partial charge < -0.3 is 0 Å². The monoisotopic (exact) mass is 287 g/mol. The maximum atomic E-state index is 12.0. The molecule has 1 aliphatic heterocycles. The number of aromatic nitrogens is 2. The van der Waals surface area contributed by atoms with Gasteiger partial charge in [-0.15, -0.1) is 0 Å². The minimum atomic E-state index is -0.000845. The minimum absolute atomic E-state index is 0.000845. The second kappa shape index (κ2) is 5.15. The lowest BCUT2D eigenvalue weighted by Gasteiger charge is -2.32. The summed E-state index contributed by atoms with van der Waals surface area (Å²) in [5.41, 5.74) is 3.10. The fourth-order valence-corrected chi connectivity index (χ4v) is 3.17. The molecule has 1 saturated heterocycles. The number of benzene rings is 1. The van der Waals surface area contributed by atoms with Crippen molar-refractivity contribution in [2.75, 3.05) is 6.54 Å². The molecular weight excluding hydrogens is 266 g/mol. The minimum Gasteiger partial charge on any atom is -0.300 e. The summed E-state index contributed by atoms with van der Waals surface area (Å²) in [4.78, 5) is 25.8. The Morgan fingerprint density at radius 3 is 2.57 bits per heavy atom. The molecule has 0 bridgehead atoms. The molecule has 1 aliphatic rings. The highest BCUT2D eigenvalue weighted by Gasteiger charge is 2.23. The van der Waals surface area contributed by atoms with Crippen molar-refractivity contribution in [1.29, 1.82) is 0 Å². The van der Waals surface area contributed by atoms with Crippen molar-refractivity contribution in [3.63, 3.8) is 0 Å². The smallest absolute Gasteiger partial charge is 0.300 e. The predicted molar refractivity (Wildman–Crippen MR) is 82.3 cm³/mol. The van der Waals surface area contributed by atoms with Crippen molar-refractivity contribution < 1.29 is 4.79 Å². The van der Waals surface area contributed by atoms with E-state index in [1.54, 1.807) is 23.2 Å². The molecule has 0 spiro atoms. The van der Waals surface area contributed by atoms with E-state index in [9.17, 15) is 9.59 Å². The molecule has 0 unspecified atom stereocenters. The Balaban J connectivity index is 1.90. The number of hydrogen-bond acceptors (Lipinski definition) is 3. The predicted octanol–water partition coefficient (Wildman–Crippen LogP) is 1.43. The number of fused-ring (bicyclic) bond motifs is 1. The van der Waals surface area contributed by atoms with Crippen LogP contribution in [-0.4, -0.2) is 32.4 Å². The van der Waals surface area contributed by atoms with Crippen LogP contribution in [0.5, 0.6) is 0 Å². The van der Waals surface area contributed by atoms with E-state index in [4.69, 9.17) is 0 Å². The quantitative estimate of drug-likeness (QED) is 0.839. The molecule has 5 heteroatoms. The number of likely N-dealkylation sites (tertiary alicyclic amines) is 1. The summed E-state index contributed by atoms with van der Waals surface area (Å²) in [5, 5.41) is 0. The first kappa shape index (κ1) is 14.1. The van der Waals surface area contributed by atoms with Crippen LogP contribution in [0.2, 0.25) is 0 Å². The van der Waals surface area contributed by atoms with Gasteiger partial charge in [-0.1, -0.05) is 6.07 Å². The molecule has 0 aliphatic carbocycles. The van der Waals surface area contributed by atoms with Gasteiger partial charge in [0, 0.05) is 46.1 Å². The topological polar surface area (TPSA) is 47.2 Å². The van der Waals surface area contributed by atoms with Crippen LogP contribution < -0.4 is 5.69 Å². The third-order valence-electron chi connectivity index (χ3n) is 4.55. The number of carbonyl (C=O) groups excluding carboxylic acids is 1. The molecule has 0 N–H and O–H groups in total. The van der Waals surface area contributed by atoms with Crippen molar-refractivity contribution >= 4 is 16.8 Å². The number of hydrogen-bond donors (Lipinski definition) is 0. The first-order valence-electron chi connectivity index (χ1n) is 7.37. The van der Waals surface area contributed by atoms with Gasteiger partial charge in [-0.25, -0.2) is 4.79 Å². The SMILES string of the molecule is C[C@H]1CC(=O)CCN1Cc1ccc2c(c1)n(C)c(=O)n2C. The highest BCUT2D eigenvalue weighted by molar-refractivity contribution is 5.80. The second-order valence-corrected chi connectivity index (χ2v) is 6.04. The van der Waals surface area contributed by atoms with E-state index in [-0.39, 0.29) is 5.69 Å². The molecule has 1 atom stereocenters. The third kappa shape index (κ3) is 2.42. The van der Waals surface area contributed by atoms with Crippen LogP contribution >= 0.6 is 0 Å². The van der Waals surface area contributed by atoms with Crippen LogP contribution in [0.25, 0.3) is 11.0 Å². The van der Waals surface area contributed by atoms with Crippen LogP contribution in [0.15, 0.2) is 23.0 Å². The summed E-state index contributed by atoms with van der Waals surface area (Å²) in [5.74, 6) is 0.361. The number of ketones is 1. The fourth-order valence-electron chi connectivity index (χ4n) is 3.17. The van der Waals surface area contributed by atoms with E-state index in [0.717, 1.165) is 24.1 Å². The normalized spacial score (nSPS) is 20.3. The van der Waals surface area contributed by atoms with E-state index >= 15 is 0 Å². The van der Waals surface area contributed by atoms with Crippen molar-refractivity contribution in [1.82, 2.24) is 14.0 Å². The van der Waals surface area contributed by atoms with Crippen molar-refractivity contribution in [2.45, 2.75) is 32.4 Å². The summed E-state index contributed by atoms with van der Waals surface area (Å²) in [7, 11) is 3.60. The second-order valence-electron chi connectivity index (χ2n) is 6.04. The molecule has 1 fully saturated rings. The number of carbonyl (C=O) groups is 1. The van der Waals surface area contributed by atoms with Gasteiger partial charge in [-0.3, -0.25) is 18.8 Å². The van der Waals surface area contributed by atoms with Gasteiger partial charge in [-0.2, -0.15) is 0 Å². The van der Waals surface area contributed by atoms with Crippen molar-refractivity contribution in [2.24, 2.45) is 14.1 Å². The Hall–Kier alpha value is -1.88. The Kier molecular flexibility index (Phi) is 3.45. The third-order valence-corrected chi connectivity index (χ3v) is 4.55. The standard InChI is InChI=1S/C16H21N3O2/c1-11-8-13(20)6-7-19(11)10-12-4-5-14-15(9-12)18(3)16(21)17(14)2/h4-5,9,11H,6-8,10H2,1-3H3/t11-/m0/s1. The zero-order valence-corrected chi connectivity index (χ0v) is 12.8. The molecule has 1 aromatic carbocycles. The summed E-state index contributed by atoms with van der Waals surface area (Å²) in [6.45, 7) is 3.76. The number of nitrogens with zero attached hydrogens (tertiary/aromatic N) is 3. The van der Waals surface area contributed by atoms with Crippen molar-refractivity contribution in [3.8, 4) is 0 Å². The zero-order valence-electron chi connectivity index (χ0n) is 12.8. The largest absolute Gasteiger partial charge is 0.328 e. The Morgan fingerprint density at radius 1 is 1.14 bits per heavy atom. The van der Waals surface area contributed by atoms with Gasteiger partial charge in [0.25, 0.3) is 0 Å². The highest BCUT2D eigenvalue weighted by atomic mass is 16.1. The van der Waals surface area contributed by atoms with Gasteiger partial charge in [0.15, 0.2) is 0 Å². The summed E-state index contributed by atoms with van der Waals surface area (Å²) >= 11 is 0. The van der Waals surface area contributed by atoms with E-state index < -0.39 is 0 Å². The summed E-state index contributed by atoms with van der Waals surface area (Å²) in [6.07, 6.45) is 1.29. The van der Waals surface area contributed by atoms with Crippen LogP contribution in [0.1, 0.15) is 25.3 Å². The van der Waals surface area contributed by atoms with Gasteiger partial charge >= 0.3 is 5.69 Å². The number of rotatable bonds is 2. The zero-order chi connectivity index (χ0) is 15.1. The van der Waals surface area contributed by atoms with Crippen LogP contribution in [0.4, 0.5) is 0 Å². The average molecular weight is 287 g/mol. The van der Waals surface area contributed by atoms with Gasteiger partial charge in [0.1, 0.15) is 5.78 Å². The lowest BCUT2D eigenvalue weighted by Crippen LogP contribution is -2.40. The van der Waals surface area contributed by atoms with E-state index in [1.807, 2.05) is 6.07 Å². The lowest BCUT2D eigenvalue weighted by molar-refractivity contribution is -0.123. The Labute approximate surface area is 123 Å². The maximum absolute atomic E-state index is 12.0. The van der Waals surface area contributed by atoms with E-state index in [0.29, 0.717) is 24.7 Å². The maximum Gasteiger partial charge on any atom is 0.328 e. The first-order chi connectivity index (χ1) is 9.97. The fraction of sp³-hybridized carbons (Fsp3) is 0.500. The lowest BCUT2D eigenvalue weighted by atomic mass is 10.0. The summed E-state index contributed by atoms with van der Waals surface area (Å²) < 4.78 is 3.35. The molecule has 1 aromatic heterocycles. The molecule has 2 aromatic rings. The number of aryl methyl sites for hydroxylation is 2. The molecule has 112 valence electrons. The van der Waals surface area contributed by atoms with Crippen LogP contribution in [0.3, 0.4) is 0 Å². The van der Waals surface area contributed by atoms with Crippen LogP contribution in [0, 0.1) is 0 Å².